The van der Waals surface area contributed by atoms with E-state index in [9.17, 15) is 0 Å². The molecule has 0 N–H and O–H groups in total. The van der Waals surface area contributed by atoms with Crippen LogP contribution in [0.4, 0.5) is 0 Å². The molecule has 0 spiro atoms. The lowest BCUT2D eigenvalue weighted by molar-refractivity contribution is -0.298. The molecule has 94 valence electrons. The van der Waals surface area contributed by atoms with E-state index >= 15 is 0 Å². The first-order valence-corrected chi connectivity index (χ1v) is 5.88. The number of methoxy groups -OCH3 is 1. The molecule has 3 nitrogen and oxygen atoms in total. The fourth-order valence-corrected chi connectivity index (χ4v) is 1.81. The van der Waals surface area contributed by atoms with Crippen LogP contribution in [0.25, 0.3) is 0 Å². The van der Waals surface area contributed by atoms with Crippen LogP contribution in [0.5, 0.6) is 5.75 Å². The summed E-state index contributed by atoms with van der Waals surface area (Å²) in [6.07, 6.45) is 0. The Kier molecular flexibility index (Phi) is 3.15. The zero-order valence-corrected chi connectivity index (χ0v) is 10.9. The van der Waals surface area contributed by atoms with Crippen molar-refractivity contribution in [1.82, 2.24) is 0 Å². The van der Waals surface area contributed by atoms with Gasteiger partial charge in [0.25, 0.3) is 0 Å². The Morgan fingerprint density at radius 3 is 2.00 bits per heavy atom. The molecule has 0 unspecified atom stereocenters. The molecule has 1 saturated heterocycles. The van der Waals surface area contributed by atoms with Crippen LogP contribution in [0, 0.1) is 5.41 Å². The van der Waals surface area contributed by atoms with Gasteiger partial charge in [0.05, 0.1) is 20.3 Å². The Hall–Kier alpha value is -1.06. The highest BCUT2D eigenvalue weighted by Crippen LogP contribution is 2.36. The van der Waals surface area contributed by atoms with E-state index in [0.29, 0.717) is 13.2 Å². The molecule has 0 aliphatic carbocycles. The van der Waals surface area contributed by atoms with Crippen LogP contribution in [0.3, 0.4) is 0 Å². The molecule has 1 aromatic carbocycles. The molecule has 1 heterocycles. The second kappa shape index (κ2) is 4.31. The molecule has 1 aliphatic rings. The van der Waals surface area contributed by atoms with Gasteiger partial charge in [-0.1, -0.05) is 13.8 Å². The third-order valence-corrected chi connectivity index (χ3v) is 3.09. The lowest BCUT2D eigenvalue weighted by atomic mass is 9.94. The molecule has 3 heteroatoms. The minimum atomic E-state index is -0.637. The lowest BCUT2D eigenvalue weighted by Gasteiger charge is -2.41. The van der Waals surface area contributed by atoms with Crippen LogP contribution in [0.15, 0.2) is 24.3 Å². The van der Waals surface area contributed by atoms with E-state index in [1.807, 2.05) is 31.2 Å². The van der Waals surface area contributed by atoms with Crippen molar-refractivity contribution in [3.63, 3.8) is 0 Å². The molecular weight excluding hydrogens is 216 g/mol. The second-order valence-corrected chi connectivity index (χ2v) is 5.42. The molecule has 0 aromatic heterocycles. The van der Waals surface area contributed by atoms with Gasteiger partial charge >= 0.3 is 0 Å². The van der Waals surface area contributed by atoms with Crippen LogP contribution >= 0.6 is 0 Å². The Balaban J connectivity index is 2.15. The first kappa shape index (κ1) is 12.4. The van der Waals surface area contributed by atoms with Gasteiger partial charge in [-0.25, -0.2) is 0 Å². The van der Waals surface area contributed by atoms with Gasteiger partial charge in [0.1, 0.15) is 5.75 Å². The minimum Gasteiger partial charge on any atom is -0.497 e. The van der Waals surface area contributed by atoms with E-state index < -0.39 is 5.79 Å². The second-order valence-electron chi connectivity index (χ2n) is 5.42. The van der Waals surface area contributed by atoms with Crippen molar-refractivity contribution in [2.75, 3.05) is 20.3 Å². The predicted octanol–water partition coefficient (Wildman–Crippen LogP) is 2.94. The summed E-state index contributed by atoms with van der Waals surface area (Å²) >= 11 is 0. The highest BCUT2D eigenvalue weighted by Gasteiger charge is 2.38. The summed E-state index contributed by atoms with van der Waals surface area (Å²) in [5.41, 5.74) is 1.11. The maximum absolute atomic E-state index is 5.88. The fourth-order valence-electron chi connectivity index (χ4n) is 1.81. The van der Waals surface area contributed by atoms with Gasteiger partial charge < -0.3 is 14.2 Å². The van der Waals surface area contributed by atoms with Gasteiger partial charge in [-0.15, -0.1) is 0 Å². The Labute approximate surface area is 103 Å². The van der Waals surface area contributed by atoms with Gasteiger partial charge in [-0.05, 0) is 31.2 Å². The molecule has 0 bridgehead atoms. The van der Waals surface area contributed by atoms with Crippen molar-refractivity contribution in [2.45, 2.75) is 26.6 Å². The van der Waals surface area contributed by atoms with Gasteiger partial charge in [0, 0.05) is 11.0 Å². The van der Waals surface area contributed by atoms with Crippen molar-refractivity contribution in [3.8, 4) is 5.75 Å². The summed E-state index contributed by atoms with van der Waals surface area (Å²) in [5.74, 6) is 0.204. The first-order chi connectivity index (χ1) is 7.95. The fraction of sp³-hybridized carbons (Fsp3) is 0.571. The SMILES string of the molecule is COc1ccc(C2(C)OCC(C)(C)CO2)cc1. The largest absolute Gasteiger partial charge is 0.497 e. The minimum absolute atomic E-state index is 0.0893. The van der Waals surface area contributed by atoms with E-state index in [1.54, 1.807) is 7.11 Å². The molecular formula is C14H20O3. The lowest BCUT2D eigenvalue weighted by Crippen LogP contribution is -2.43. The normalized spacial score (nSPS) is 22.1. The van der Waals surface area contributed by atoms with Crippen LogP contribution in [-0.4, -0.2) is 20.3 Å². The average Bonchev–Trinajstić information content (AvgIpc) is 2.34. The van der Waals surface area contributed by atoms with Crippen LogP contribution < -0.4 is 4.74 Å². The summed E-state index contributed by atoms with van der Waals surface area (Å²) < 4.78 is 16.9. The highest BCUT2D eigenvalue weighted by atomic mass is 16.7. The van der Waals surface area contributed by atoms with E-state index in [1.165, 1.54) is 0 Å². The maximum atomic E-state index is 5.88. The smallest absolute Gasteiger partial charge is 0.191 e. The molecule has 1 fully saturated rings. The average molecular weight is 236 g/mol. The topological polar surface area (TPSA) is 27.7 Å². The van der Waals surface area contributed by atoms with E-state index in [-0.39, 0.29) is 5.41 Å². The van der Waals surface area contributed by atoms with Crippen LogP contribution in [0.1, 0.15) is 26.3 Å². The molecule has 0 radical (unpaired) electrons. The van der Waals surface area contributed by atoms with Gasteiger partial charge in [-0.2, -0.15) is 0 Å². The Morgan fingerprint density at radius 2 is 1.53 bits per heavy atom. The molecule has 0 atom stereocenters. The number of hydrogen-bond acceptors (Lipinski definition) is 3. The van der Waals surface area contributed by atoms with Crippen LogP contribution in [-0.2, 0) is 15.3 Å². The number of ether oxygens (including phenoxy) is 3. The van der Waals surface area contributed by atoms with Crippen LogP contribution in [0.2, 0.25) is 0 Å². The summed E-state index contributed by atoms with van der Waals surface area (Å²) in [6, 6.07) is 7.81. The monoisotopic (exact) mass is 236 g/mol. The Morgan fingerprint density at radius 1 is 1.00 bits per heavy atom. The number of rotatable bonds is 2. The van der Waals surface area contributed by atoms with Gasteiger partial charge in [0.15, 0.2) is 5.79 Å². The third-order valence-electron chi connectivity index (χ3n) is 3.09. The third kappa shape index (κ3) is 2.61. The molecule has 0 amide bonds. The Bertz CT molecular complexity index is 371. The molecule has 2 rings (SSSR count). The van der Waals surface area contributed by atoms with Crippen molar-refractivity contribution >= 4 is 0 Å². The zero-order chi connectivity index (χ0) is 12.5. The van der Waals surface area contributed by atoms with Crippen molar-refractivity contribution < 1.29 is 14.2 Å². The number of hydrogen-bond donors (Lipinski definition) is 0. The molecule has 17 heavy (non-hydrogen) atoms. The molecule has 1 aromatic rings. The standard InChI is InChI=1S/C14H20O3/c1-13(2)9-16-14(3,17-10-13)11-5-7-12(15-4)8-6-11/h5-8H,9-10H2,1-4H3. The van der Waals surface area contributed by atoms with E-state index in [2.05, 4.69) is 13.8 Å². The zero-order valence-electron chi connectivity index (χ0n) is 10.9. The summed E-state index contributed by atoms with van der Waals surface area (Å²) in [4.78, 5) is 0. The molecule has 1 aliphatic heterocycles. The number of benzene rings is 1. The van der Waals surface area contributed by atoms with Crippen molar-refractivity contribution in [1.29, 1.82) is 0 Å². The maximum Gasteiger partial charge on any atom is 0.191 e. The van der Waals surface area contributed by atoms with Crippen molar-refractivity contribution in [2.24, 2.45) is 5.41 Å². The summed E-state index contributed by atoms with van der Waals surface area (Å²) in [6.45, 7) is 7.65. The van der Waals surface area contributed by atoms with Gasteiger partial charge in [0.2, 0.25) is 0 Å². The highest BCUT2D eigenvalue weighted by molar-refractivity contribution is 5.29. The van der Waals surface area contributed by atoms with E-state index in [0.717, 1.165) is 11.3 Å². The first-order valence-electron chi connectivity index (χ1n) is 5.88. The summed E-state index contributed by atoms with van der Waals surface area (Å²) in [5, 5.41) is 0. The van der Waals surface area contributed by atoms with Gasteiger partial charge in [-0.3, -0.25) is 0 Å². The summed E-state index contributed by atoms with van der Waals surface area (Å²) in [7, 11) is 1.66. The molecule has 0 saturated carbocycles. The van der Waals surface area contributed by atoms with E-state index in [4.69, 9.17) is 14.2 Å². The predicted molar refractivity (Wildman–Crippen MR) is 66.0 cm³/mol. The quantitative estimate of drug-likeness (QED) is 0.790. The van der Waals surface area contributed by atoms with Crippen molar-refractivity contribution in [3.05, 3.63) is 29.8 Å².